The van der Waals surface area contributed by atoms with Crippen LogP contribution in [-0.4, -0.2) is 27.9 Å². The number of carbonyl (C=O) groups excluding carboxylic acids is 2. The normalized spacial score (nSPS) is 13.6. The molecule has 0 unspecified atom stereocenters. The minimum Gasteiger partial charge on any atom is -0.467 e. The first-order valence-electron chi connectivity index (χ1n) is 8.74. The van der Waals surface area contributed by atoms with Crippen molar-refractivity contribution in [3.63, 3.8) is 0 Å². The molecule has 0 aromatic carbocycles. The van der Waals surface area contributed by atoms with Gasteiger partial charge in [0.25, 0.3) is 11.8 Å². The van der Waals surface area contributed by atoms with Crippen molar-refractivity contribution >= 4 is 11.8 Å². The van der Waals surface area contributed by atoms with Gasteiger partial charge in [-0.15, -0.1) is 0 Å². The fourth-order valence-electron chi connectivity index (χ4n) is 2.94. The predicted octanol–water partition coefficient (Wildman–Crippen LogP) is 2.13. The number of nitrogens with one attached hydrogen (secondary N) is 2. The Kier molecular flexibility index (Phi) is 5.21. The number of rotatable bonds is 6. The van der Waals surface area contributed by atoms with Crippen LogP contribution in [0.5, 0.6) is 0 Å². The van der Waals surface area contributed by atoms with Gasteiger partial charge in [0.15, 0.2) is 5.82 Å². The van der Waals surface area contributed by atoms with Crippen molar-refractivity contribution in [2.75, 3.05) is 6.54 Å². The molecule has 1 aliphatic heterocycles. The van der Waals surface area contributed by atoms with Crippen LogP contribution in [0.25, 0.3) is 0 Å². The largest absolute Gasteiger partial charge is 0.467 e. The molecule has 134 valence electrons. The summed E-state index contributed by atoms with van der Waals surface area (Å²) in [6, 6.07) is 3.57. The first kappa shape index (κ1) is 17.3. The quantitative estimate of drug-likeness (QED) is 0.840. The summed E-state index contributed by atoms with van der Waals surface area (Å²) in [7, 11) is 0. The molecule has 3 rings (SSSR count). The first-order valence-corrected chi connectivity index (χ1v) is 8.74. The molecular formula is C18H24N4O3. The maximum absolute atomic E-state index is 12.6. The van der Waals surface area contributed by atoms with Gasteiger partial charge in [-0.05, 0) is 37.3 Å². The average Bonchev–Trinajstić information content (AvgIpc) is 3.25. The molecule has 7 nitrogen and oxygen atoms in total. The molecule has 0 aliphatic carbocycles. The van der Waals surface area contributed by atoms with E-state index in [1.165, 1.54) is 0 Å². The molecule has 25 heavy (non-hydrogen) atoms. The summed E-state index contributed by atoms with van der Waals surface area (Å²) in [5.41, 5.74) is 1.19. The fourth-order valence-corrected chi connectivity index (χ4v) is 2.94. The van der Waals surface area contributed by atoms with Crippen LogP contribution in [0.2, 0.25) is 0 Å². The van der Waals surface area contributed by atoms with E-state index in [2.05, 4.69) is 15.6 Å². The molecule has 0 saturated heterocycles. The van der Waals surface area contributed by atoms with E-state index in [1.54, 1.807) is 18.4 Å². The van der Waals surface area contributed by atoms with E-state index in [0.29, 0.717) is 36.3 Å². The summed E-state index contributed by atoms with van der Waals surface area (Å²) in [6.07, 6.45) is 4.31. The van der Waals surface area contributed by atoms with Crippen molar-refractivity contribution in [3.8, 4) is 0 Å². The lowest BCUT2D eigenvalue weighted by atomic mass is 10.1. The van der Waals surface area contributed by atoms with Gasteiger partial charge in [0.1, 0.15) is 11.5 Å². The lowest BCUT2D eigenvalue weighted by molar-refractivity contribution is 0.0933. The molecule has 0 atom stereocenters. The third-order valence-electron chi connectivity index (χ3n) is 4.21. The van der Waals surface area contributed by atoms with Crippen LogP contribution in [0.4, 0.5) is 0 Å². The van der Waals surface area contributed by atoms with Gasteiger partial charge in [-0.2, -0.15) is 0 Å². The fraction of sp³-hybridized carbons (Fsp3) is 0.500. The highest BCUT2D eigenvalue weighted by Gasteiger charge is 2.27. The second-order valence-electron chi connectivity index (χ2n) is 6.71. The SMILES string of the molecule is CC(C)CNC(=O)c1nc(C(=O)NCc2ccco2)c2n1CCCC2. The Bertz CT molecular complexity index is 747. The highest BCUT2D eigenvalue weighted by atomic mass is 16.3. The highest BCUT2D eigenvalue weighted by Crippen LogP contribution is 2.21. The summed E-state index contributed by atoms with van der Waals surface area (Å²) in [6.45, 7) is 5.68. The Balaban J connectivity index is 1.79. The number of nitrogens with zero attached hydrogens (tertiary/aromatic N) is 2. The van der Waals surface area contributed by atoms with Gasteiger partial charge in [0.2, 0.25) is 0 Å². The number of carbonyl (C=O) groups is 2. The lowest BCUT2D eigenvalue weighted by Crippen LogP contribution is -2.30. The molecule has 0 spiro atoms. The number of hydrogen-bond donors (Lipinski definition) is 2. The van der Waals surface area contributed by atoms with Crippen LogP contribution in [0.1, 0.15) is 59.3 Å². The summed E-state index contributed by atoms with van der Waals surface area (Å²) < 4.78 is 7.12. The van der Waals surface area contributed by atoms with Crippen molar-refractivity contribution in [2.45, 2.75) is 46.2 Å². The van der Waals surface area contributed by atoms with Crippen molar-refractivity contribution in [2.24, 2.45) is 5.92 Å². The van der Waals surface area contributed by atoms with E-state index < -0.39 is 0 Å². The molecule has 7 heteroatoms. The number of aromatic nitrogens is 2. The topological polar surface area (TPSA) is 89.2 Å². The lowest BCUT2D eigenvalue weighted by Gasteiger charge is -2.17. The zero-order chi connectivity index (χ0) is 17.8. The number of imidazole rings is 1. The van der Waals surface area contributed by atoms with Crippen molar-refractivity contribution < 1.29 is 14.0 Å². The summed E-state index contributed by atoms with van der Waals surface area (Å²) >= 11 is 0. The molecule has 2 aromatic heterocycles. The third kappa shape index (κ3) is 3.92. The van der Waals surface area contributed by atoms with Gasteiger partial charge < -0.3 is 19.6 Å². The first-order chi connectivity index (χ1) is 12.1. The Hall–Kier alpha value is -2.57. The maximum Gasteiger partial charge on any atom is 0.287 e. The molecule has 0 saturated carbocycles. The molecule has 2 N–H and O–H groups in total. The number of amides is 2. The van der Waals surface area contributed by atoms with E-state index >= 15 is 0 Å². The van der Waals surface area contributed by atoms with Crippen LogP contribution in [0, 0.1) is 5.92 Å². The smallest absolute Gasteiger partial charge is 0.287 e. The summed E-state index contributed by atoms with van der Waals surface area (Å²) in [5.74, 6) is 0.873. The predicted molar refractivity (Wildman–Crippen MR) is 92.2 cm³/mol. The minimum absolute atomic E-state index is 0.220. The van der Waals surface area contributed by atoms with E-state index in [-0.39, 0.29) is 11.8 Å². The monoisotopic (exact) mass is 344 g/mol. The van der Waals surface area contributed by atoms with Crippen LogP contribution < -0.4 is 10.6 Å². The van der Waals surface area contributed by atoms with E-state index in [1.807, 2.05) is 18.4 Å². The Morgan fingerprint density at radius 1 is 1.28 bits per heavy atom. The number of fused-ring (bicyclic) bond motifs is 1. The van der Waals surface area contributed by atoms with Crippen LogP contribution in [-0.2, 0) is 19.5 Å². The Labute approximate surface area is 146 Å². The zero-order valence-corrected chi connectivity index (χ0v) is 14.7. The molecule has 2 aromatic rings. The van der Waals surface area contributed by atoms with Gasteiger partial charge in [-0.3, -0.25) is 9.59 Å². The Morgan fingerprint density at radius 2 is 2.12 bits per heavy atom. The standard InChI is InChI=1S/C18H24N4O3/c1-12(2)10-19-18(24)16-21-15(14-7-3-4-8-22(14)16)17(23)20-11-13-6-5-9-25-13/h5-6,9,12H,3-4,7-8,10-11H2,1-2H3,(H,19,24)(H,20,23). The second kappa shape index (κ2) is 7.55. The van der Waals surface area contributed by atoms with E-state index in [9.17, 15) is 9.59 Å². The average molecular weight is 344 g/mol. The van der Waals surface area contributed by atoms with E-state index in [4.69, 9.17) is 4.42 Å². The van der Waals surface area contributed by atoms with E-state index in [0.717, 1.165) is 31.5 Å². The molecule has 2 amide bonds. The van der Waals surface area contributed by atoms with Crippen molar-refractivity contribution in [1.29, 1.82) is 0 Å². The zero-order valence-electron chi connectivity index (χ0n) is 14.7. The van der Waals surface area contributed by atoms with Gasteiger partial charge in [-0.1, -0.05) is 13.8 Å². The van der Waals surface area contributed by atoms with Crippen molar-refractivity contribution in [1.82, 2.24) is 20.2 Å². The highest BCUT2D eigenvalue weighted by molar-refractivity contribution is 5.97. The number of hydrogen-bond acceptors (Lipinski definition) is 4. The molecule has 0 fully saturated rings. The third-order valence-corrected chi connectivity index (χ3v) is 4.21. The summed E-state index contributed by atoms with van der Waals surface area (Å²) in [5, 5.41) is 5.70. The van der Waals surface area contributed by atoms with Gasteiger partial charge in [-0.25, -0.2) is 4.98 Å². The Morgan fingerprint density at radius 3 is 2.84 bits per heavy atom. The van der Waals surface area contributed by atoms with Crippen molar-refractivity contribution in [3.05, 3.63) is 41.4 Å². The van der Waals surface area contributed by atoms with Gasteiger partial charge in [0.05, 0.1) is 18.5 Å². The van der Waals surface area contributed by atoms with Crippen LogP contribution in [0.3, 0.4) is 0 Å². The van der Waals surface area contributed by atoms with Crippen LogP contribution >= 0.6 is 0 Å². The molecule has 0 bridgehead atoms. The maximum atomic E-state index is 12.6. The second-order valence-corrected chi connectivity index (χ2v) is 6.71. The van der Waals surface area contributed by atoms with Gasteiger partial charge in [0, 0.05) is 13.1 Å². The molecule has 1 aliphatic rings. The minimum atomic E-state index is -0.273. The number of furan rings is 1. The van der Waals surface area contributed by atoms with Gasteiger partial charge >= 0.3 is 0 Å². The summed E-state index contributed by atoms with van der Waals surface area (Å²) in [4.78, 5) is 29.4. The molecule has 3 heterocycles. The van der Waals surface area contributed by atoms with Crippen LogP contribution in [0.15, 0.2) is 22.8 Å². The molecule has 0 radical (unpaired) electrons. The molecular weight excluding hydrogens is 320 g/mol.